The number of alkyl halides is 1. The van der Waals surface area contributed by atoms with Gasteiger partial charge in [0.2, 0.25) is 16.8 Å². The van der Waals surface area contributed by atoms with Gasteiger partial charge in [0.25, 0.3) is 5.69 Å². The van der Waals surface area contributed by atoms with E-state index in [0.717, 1.165) is 4.90 Å². The number of aliphatic carboxylic acids is 1. The lowest BCUT2D eigenvalue weighted by molar-refractivity contribution is -0.384. The Balaban J connectivity index is 1.88. The molecule has 1 aromatic carbocycles. The zero-order valence-corrected chi connectivity index (χ0v) is 18.3. The fraction of sp³-hybridized carbons (Fsp3) is 0.471. The van der Waals surface area contributed by atoms with Crippen LogP contribution in [0.1, 0.15) is 20.3 Å². The third-order valence-electron chi connectivity index (χ3n) is 4.54. The lowest BCUT2D eigenvalue weighted by atomic mass is 9.94. The number of carboxylic acid groups (broad SMARTS) is 1. The van der Waals surface area contributed by atoms with Gasteiger partial charge in [0, 0.05) is 6.07 Å². The van der Waals surface area contributed by atoms with Gasteiger partial charge in [-0.3, -0.25) is 19.7 Å². The quantitative estimate of drug-likeness (QED) is 0.171. The summed E-state index contributed by atoms with van der Waals surface area (Å²) in [6.07, 6.45) is -0.111. The van der Waals surface area contributed by atoms with Gasteiger partial charge < -0.3 is 20.1 Å². The Hall–Kier alpha value is -2.24. The molecule has 1 saturated heterocycles. The number of halogens is 2. The minimum Gasteiger partial charge on any atom is -0.493 e. The zero-order chi connectivity index (χ0) is 22.7. The number of hydrogen-bond donors (Lipinski definition) is 2. The lowest BCUT2D eigenvalue weighted by Gasteiger charge is -2.51. The molecule has 10 nitrogen and oxygen atoms in total. The standard InChI is InChI=1S/C17H19Cl2N3O7S/c1-16(2,30-19)17(18,15(25)26)21-9-12(14(21)24)20-13(23)6-7-29-11-5-3-4-10(8-11)22(27)28/h3-5,8,12H,6-7,9H2,1-2H3,(H,20,23)(H,25,26). The second-order valence-electron chi connectivity index (χ2n) is 6.94. The molecule has 13 heteroatoms. The molecular weight excluding hydrogens is 461 g/mol. The number of carbonyl (C=O) groups excluding carboxylic acids is 2. The van der Waals surface area contributed by atoms with Crippen molar-refractivity contribution in [3.63, 3.8) is 0 Å². The van der Waals surface area contributed by atoms with Gasteiger partial charge in [0.15, 0.2) is 0 Å². The number of carbonyl (C=O) groups is 3. The summed E-state index contributed by atoms with van der Waals surface area (Å²) in [5.74, 6) is -2.33. The molecule has 30 heavy (non-hydrogen) atoms. The van der Waals surface area contributed by atoms with E-state index in [0.29, 0.717) is 11.0 Å². The Kier molecular flexibility index (Phi) is 7.43. The fourth-order valence-electron chi connectivity index (χ4n) is 2.78. The molecule has 0 saturated carbocycles. The van der Waals surface area contributed by atoms with Crippen molar-refractivity contribution in [2.75, 3.05) is 13.2 Å². The third kappa shape index (κ3) is 4.73. The van der Waals surface area contributed by atoms with Crippen molar-refractivity contribution >= 4 is 56.7 Å². The minimum atomic E-state index is -2.08. The number of non-ortho nitro benzene ring substituents is 1. The first kappa shape index (κ1) is 24.0. The molecule has 2 rings (SSSR count). The molecule has 1 heterocycles. The third-order valence-corrected chi connectivity index (χ3v) is 7.33. The van der Waals surface area contributed by atoms with Gasteiger partial charge >= 0.3 is 5.97 Å². The van der Waals surface area contributed by atoms with Crippen LogP contribution in [0.15, 0.2) is 24.3 Å². The highest BCUT2D eigenvalue weighted by molar-refractivity contribution is 8.22. The maximum Gasteiger partial charge on any atom is 0.346 e. The minimum absolute atomic E-state index is 0.0673. The van der Waals surface area contributed by atoms with Crippen LogP contribution in [0, 0.1) is 10.1 Å². The Bertz CT molecular complexity index is 870. The summed E-state index contributed by atoms with van der Waals surface area (Å²) in [4.78, 5) is 45.3. The van der Waals surface area contributed by atoms with E-state index in [9.17, 15) is 29.6 Å². The number of benzene rings is 1. The van der Waals surface area contributed by atoms with Gasteiger partial charge in [0.1, 0.15) is 11.8 Å². The summed E-state index contributed by atoms with van der Waals surface area (Å²) in [5, 5.41) is 22.8. The molecule has 1 fully saturated rings. The van der Waals surface area contributed by atoms with E-state index in [1.165, 1.54) is 38.1 Å². The number of hydrogen-bond acceptors (Lipinski definition) is 7. The molecule has 0 spiro atoms. The van der Waals surface area contributed by atoms with Crippen molar-refractivity contribution in [2.24, 2.45) is 0 Å². The molecule has 1 aliphatic heterocycles. The first-order valence-corrected chi connectivity index (χ1v) is 10.7. The van der Waals surface area contributed by atoms with Crippen molar-refractivity contribution < 1.29 is 29.2 Å². The van der Waals surface area contributed by atoms with Crippen LogP contribution in [0.3, 0.4) is 0 Å². The summed E-state index contributed by atoms with van der Waals surface area (Å²) < 4.78 is 4.11. The second-order valence-corrected chi connectivity index (χ2v) is 9.12. The molecule has 0 bridgehead atoms. The molecular formula is C17H19Cl2N3O7S. The van der Waals surface area contributed by atoms with Crippen LogP contribution >= 0.6 is 33.3 Å². The molecule has 0 aromatic heterocycles. The smallest absolute Gasteiger partial charge is 0.346 e. The highest BCUT2D eigenvalue weighted by Crippen LogP contribution is 2.46. The van der Waals surface area contributed by atoms with Crippen LogP contribution in [-0.2, 0) is 14.4 Å². The van der Waals surface area contributed by atoms with Crippen LogP contribution in [0.4, 0.5) is 5.69 Å². The average Bonchev–Trinajstić information content (AvgIpc) is 2.69. The molecule has 2 atom stereocenters. The van der Waals surface area contributed by atoms with Crippen molar-refractivity contribution in [1.29, 1.82) is 0 Å². The predicted molar refractivity (Wildman–Crippen MR) is 111 cm³/mol. The van der Waals surface area contributed by atoms with Gasteiger partial charge in [-0.2, -0.15) is 0 Å². The second kappa shape index (κ2) is 9.27. The fourth-order valence-corrected chi connectivity index (χ4v) is 3.80. The number of rotatable bonds is 10. The van der Waals surface area contributed by atoms with E-state index in [4.69, 9.17) is 27.0 Å². The molecule has 164 valence electrons. The van der Waals surface area contributed by atoms with Gasteiger partial charge in [0.05, 0.1) is 35.3 Å². The van der Waals surface area contributed by atoms with Gasteiger partial charge in [-0.05, 0) is 41.6 Å². The molecule has 0 radical (unpaired) electrons. The largest absolute Gasteiger partial charge is 0.493 e. The average molecular weight is 480 g/mol. The first-order valence-electron chi connectivity index (χ1n) is 8.64. The highest BCUT2D eigenvalue weighted by Gasteiger charge is 2.61. The maximum absolute atomic E-state index is 12.4. The Morgan fingerprint density at radius 3 is 2.67 bits per heavy atom. The normalized spacial score (nSPS) is 18.2. The summed E-state index contributed by atoms with van der Waals surface area (Å²) in [5.41, 5.74) is -0.141. The number of nitro groups is 1. The summed E-state index contributed by atoms with van der Waals surface area (Å²) in [7, 11) is 6.45. The number of nitro benzene ring substituents is 1. The van der Waals surface area contributed by atoms with Gasteiger partial charge in [-0.25, -0.2) is 4.79 Å². The lowest BCUT2D eigenvalue weighted by Crippen LogP contribution is -2.75. The molecule has 1 aliphatic rings. The molecule has 2 amide bonds. The summed E-state index contributed by atoms with van der Waals surface area (Å²) >= 11 is 6.27. The monoisotopic (exact) mass is 479 g/mol. The first-order chi connectivity index (χ1) is 13.9. The number of nitrogens with one attached hydrogen (secondary N) is 1. The van der Waals surface area contributed by atoms with E-state index < -0.39 is 38.5 Å². The van der Waals surface area contributed by atoms with Crippen LogP contribution in [0.2, 0.25) is 0 Å². The Labute approximate surface area is 185 Å². The van der Waals surface area contributed by atoms with E-state index in [2.05, 4.69) is 5.32 Å². The Morgan fingerprint density at radius 1 is 1.47 bits per heavy atom. The summed E-state index contributed by atoms with van der Waals surface area (Å²) in [6, 6.07) is 4.60. The molecule has 1 aromatic rings. The molecule has 2 N–H and O–H groups in total. The van der Waals surface area contributed by atoms with Crippen molar-refractivity contribution in [2.45, 2.75) is 36.1 Å². The topological polar surface area (TPSA) is 139 Å². The zero-order valence-electron chi connectivity index (χ0n) is 16.0. The summed E-state index contributed by atoms with van der Waals surface area (Å²) in [6.45, 7) is 2.83. The van der Waals surface area contributed by atoms with Crippen molar-refractivity contribution in [1.82, 2.24) is 10.2 Å². The highest BCUT2D eigenvalue weighted by atomic mass is 35.7. The predicted octanol–water partition coefficient (Wildman–Crippen LogP) is 2.38. The van der Waals surface area contributed by atoms with Crippen LogP contribution in [0.5, 0.6) is 5.75 Å². The number of ether oxygens (including phenoxy) is 1. The van der Waals surface area contributed by atoms with Crippen LogP contribution in [-0.4, -0.2) is 61.7 Å². The number of carboxylic acids is 1. The van der Waals surface area contributed by atoms with E-state index >= 15 is 0 Å². The number of likely N-dealkylation sites (tertiary alicyclic amines) is 1. The van der Waals surface area contributed by atoms with Crippen molar-refractivity contribution in [3.8, 4) is 5.75 Å². The van der Waals surface area contributed by atoms with Gasteiger partial charge in [-0.15, -0.1) is 0 Å². The molecule has 0 aliphatic carbocycles. The van der Waals surface area contributed by atoms with E-state index in [1.807, 2.05) is 0 Å². The van der Waals surface area contributed by atoms with Crippen LogP contribution < -0.4 is 10.1 Å². The number of amides is 2. The van der Waals surface area contributed by atoms with Gasteiger partial charge in [-0.1, -0.05) is 17.7 Å². The van der Waals surface area contributed by atoms with E-state index in [-0.39, 0.29) is 31.0 Å². The number of nitrogens with zero attached hydrogens (tertiary/aromatic N) is 2. The Morgan fingerprint density at radius 2 is 2.13 bits per heavy atom. The number of β-lactam (4-membered cyclic amide) rings is 1. The molecule has 2 unspecified atom stereocenters. The van der Waals surface area contributed by atoms with Crippen molar-refractivity contribution in [3.05, 3.63) is 34.4 Å². The maximum atomic E-state index is 12.4. The SMILES string of the molecule is CC(C)(SCl)C(Cl)(C(=O)O)N1CC(NC(=O)CCOc2cccc([N+](=O)[O-])c2)C1=O. The van der Waals surface area contributed by atoms with Crippen LogP contribution in [0.25, 0.3) is 0 Å². The van der Waals surface area contributed by atoms with E-state index in [1.54, 1.807) is 0 Å².